The standard InChI is InChI=1S/C12H15N5.C9H12O2.CH4O/c1-2-14-9-16-11(1)12-7-10(8-15-12)17-5-3-13-4-6-17;1-7-4-5-8(10-2)9(6-7)11-3;1-2/h1-2,8-9,13H,3-7H2;4-6H,1-3H3;2H,1H3. The summed E-state index contributed by atoms with van der Waals surface area (Å²) >= 11 is 0. The summed E-state index contributed by atoms with van der Waals surface area (Å²) < 4.78 is 10.2. The molecule has 2 aromatic rings. The van der Waals surface area contributed by atoms with Gasteiger partial charge in [0.15, 0.2) is 11.5 Å². The van der Waals surface area contributed by atoms with E-state index in [1.807, 2.05) is 37.4 Å². The molecule has 1 aromatic carbocycles. The smallest absolute Gasteiger partial charge is 0.160 e. The summed E-state index contributed by atoms with van der Waals surface area (Å²) in [5.41, 5.74) is 4.45. The molecule has 1 saturated heterocycles. The largest absolute Gasteiger partial charge is 0.493 e. The third kappa shape index (κ3) is 6.53. The highest BCUT2D eigenvalue weighted by Crippen LogP contribution is 2.26. The number of aromatic nitrogens is 2. The summed E-state index contributed by atoms with van der Waals surface area (Å²) in [6, 6.07) is 7.74. The van der Waals surface area contributed by atoms with Gasteiger partial charge in [-0.2, -0.15) is 0 Å². The summed E-state index contributed by atoms with van der Waals surface area (Å²) in [5.74, 6) is 1.56. The third-order valence-electron chi connectivity index (χ3n) is 4.66. The van der Waals surface area contributed by atoms with Crippen LogP contribution in [0.2, 0.25) is 0 Å². The zero-order chi connectivity index (χ0) is 21.8. The number of aliphatic hydroxyl groups excluding tert-OH is 1. The van der Waals surface area contributed by atoms with Crippen molar-refractivity contribution in [2.24, 2.45) is 4.99 Å². The number of ether oxygens (including phenoxy) is 2. The van der Waals surface area contributed by atoms with Gasteiger partial charge in [0.05, 0.1) is 25.6 Å². The minimum absolute atomic E-state index is 0.776. The summed E-state index contributed by atoms with van der Waals surface area (Å²) in [6.45, 7) is 6.26. The highest BCUT2D eigenvalue weighted by atomic mass is 16.5. The molecular weight excluding hydrogens is 382 g/mol. The van der Waals surface area contributed by atoms with Gasteiger partial charge >= 0.3 is 0 Å². The lowest BCUT2D eigenvalue weighted by Crippen LogP contribution is -2.42. The zero-order valence-corrected chi connectivity index (χ0v) is 18.1. The van der Waals surface area contributed by atoms with Gasteiger partial charge in [-0.1, -0.05) is 6.07 Å². The van der Waals surface area contributed by atoms with Crippen molar-refractivity contribution in [1.82, 2.24) is 20.2 Å². The van der Waals surface area contributed by atoms with Gasteiger partial charge in [-0.25, -0.2) is 9.97 Å². The number of rotatable bonds is 4. The lowest BCUT2D eigenvalue weighted by Gasteiger charge is -2.30. The number of piperazine rings is 1. The molecule has 1 aromatic heterocycles. The van der Waals surface area contributed by atoms with Crippen molar-refractivity contribution in [1.29, 1.82) is 0 Å². The van der Waals surface area contributed by atoms with Crippen molar-refractivity contribution >= 4 is 5.71 Å². The van der Waals surface area contributed by atoms with Crippen LogP contribution < -0.4 is 14.8 Å². The minimum atomic E-state index is 0.776. The molecular formula is C22H31N5O3. The number of hydrogen-bond acceptors (Lipinski definition) is 8. The number of hydrogen-bond donors (Lipinski definition) is 2. The quantitative estimate of drug-likeness (QED) is 0.792. The van der Waals surface area contributed by atoms with E-state index in [0.29, 0.717) is 0 Å². The second-order valence-corrected chi connectivity index (χ2v) is 6.56. The van der Waals surface area contributed by atoms with Crippen molar-refractivity contribution in [3.8, 4) is 11.5 Å². The van der Waals surface area contributed by atoms with E-state index < -0.39 is 0 Å². The molecule has 0 amide bonds. The number of nitrogens with one attached hydrogen (secondary N) is 1. The Hall–Kier alpha value is -2.97. The van der Waals surface area contributed by atoms with E-state index in [0.717, 1.165) is 62.6 Å². The molecule has 0 spiro atoms. The molecule has 4 rings (SSSR count). The molecule has 162 valence electrons. The summed E-state index contributed by atoms with van der Waals surface area (Å²) in [7, 11) is 4.27. The van der Waals surface area contributed by atoms with Crippen LogP contribution in [0.15, 0.2) is 53.7 Å². The number of methoxy groups -OCH3 is 2. The predicted octanol–water partition coefficient (Wildman–Crippen LogP) is 2.04. The molecule has 0 aliphatic carbocycles. The fourth-order valence-electron chi connectivity index (χ4n) is 3.12. The molecule has 0 unspecified atom stereocenters. The summed E-state index contributed by atoms with van der Waals surface area (Å²) in [6.07, 6.45) is 6.19. The van der Waals surface area contributed by atoms with Crippen LogP contribution in [0.5, 0.6) is 11.5 Å². The molecule has 0 atom stereocenters. The van der Waals surface area contributed by atoms with Crippen LogP contribution in [0.3, 0.4) is 0 Å². The van der Waals surface area contributed by atoms with Gasteiger partial charge in [0, 0.05) is 57.8 Å². The van der Waals surface area contributed by atoms with Crippen LogP contribution in [0, 0.1) is 6.92 Å². The van der Waals surface area contributed by atoms with E-state index in [2.05, 4.69) is 25.2 Å². The molecule has 1 fully saturated rings. The first-order valence-electron chi connectivity index (χ1n) is 9.82. The number of allylic oxidation sites excluding steroid dienone is 1. The maximum absolute atomic E-state index is 7.00. The minimum Gasteiger partial charge on any atom is -0.493 e. The molecule has 8 nitrogen and oxygen atoms in total. The van der Waals surface area contributed by atoms with Crippen LogP contribution in [0.4, 0.5) is 0 Å². The Balaban J connectivity index is 0.000000215. The summed E-state index contributed by atoms with van der Waals surface area (Å²) in [4.78, 5) is 15.0. The molecule has 2 N–H and O–H groups in total. The molecule has 30 heavy (non-hydrogen) atoms. The highest BCUT2D eigenvalue weighted by Gasteiger charge is 2.19. The second kappa shape index (κ2) is 12.6. The average molecular weight is 414 g/mol. The first-order chi connectivity index (χ1) is 14.7. The van der Waals surface area contributed by atoms with Gasteiger partial charge in [0.2, 0.25) is 0 Å². The Kier molecular flexibility index (Phi) is 9.76. The van der Waals surface area contributed by atoms with Crippen molar-refractivity contribution < 1.29 is 14.6 Å². The van der Waals surface area contributed by atoms with E-state index in [9.17, 15) is 0 Å². The van der Waals surface area contributed by atoms with Gasteiger partial charge in [-0.15, -0.1) is 0 Å². The van der Waals surface area contributed by atoms with Crippen LogP contribution in [-0.2, 0) is 0 Å². The van der Waals surface area contributed by atoms with E-state index in [-0.39, 0.29) is 0 Å². The van der Waals surface area contributed by atoms with Crippen molar-refractivity contribution in [2.45, 2.75) is 13.3 Å². The molecule has 3 heterocycles. The average Bonchev–Trinajstić information content (AvgIpc) is 3.32. The van der Waals surface area contributed by atoms with E-state index in [1.165, 1.54) is 11.3 Å². The lowest BCUT2D eigenvalue weighted by molar-refractivity contribution is 0.297. The number of benzene rings is 1. The van der Waals surface area contributed by atoms with E-state index in [4.69, 9.17) is 14.6 Å². The maximum atomic E-state index is 7.00. The Labute approximate surface area is 178 Å². The molecule has 2 aliphatic heterocycles. The zero-order valence-electron chi connectivity index (χ0n) is 18.1. The molecule has 8 heteroatoms. The highest BCUT2D eigenvalue weighted by molar-refractivity contribution is 6.02. The Bertz CT molecular complexity index is 834. The fourth-order valence-corrected chi connectivity index (χ4v) is 3.12. The van der Waals surface area contributed by atoms with E-state index in [1.54, 1.807) is 26.7 Å². The maximum Gasteiger partial charge on any atom is 0.160 e. The van der Waals surface area contributed by atoms with Crippen molar-refractivity contribution in [2.75, 3.05) is 47.5 Å². The SMILES string of the molecule is C1=C(N2CCNCC2)CC(c2ccncn2)=N1.CO.COc1ccc(C)cc1OC. The monoisotopic (exact) mass is 413 g/mol. The van der Waals surface area contributed by atoms with Gasteiger partial charge in [0.25, 0.3) is 0 Å². The van der Waals surface area contributed by atoms with Gasteiger partial charge in [0.1, 0.15) is 6.33 Å². The van der Waals surface area contributed by atoms with Crippen molar-refractivity contribution in [3.05, 3.63) is 59.9 Å². The molecule has 0 saturated carbocycles. The normalized spacial score (nSPS) is 15.0. The number of aliphatic imine (C=N–C) groups is 1. The predicted molar refractivity (Wildman–Crippen MR) is 118 cm³/mol. The summed E-state index contributed by atoms with van der Waals surface area (Å²) in [5, 5.41) is 10.4. The number of nitrogens with zero attached hydrogens (tertiary/aromatic N) is 4. The van der Waals surface area contributed by atoms with Crippen LogP contribution in [0.1, 0.15) is 17.7 Å². The Morgan fingerprint density at radius 2 is 1.77 bits per heavy atom. The van der Waals surface area contributed by atoms with Gasteiger partial charge in [-0.05, 0) is 30.7 Å². The topological polar surface area (TPSA) is 92.1 Å². The first kappa shape index (κ1) is 23.3. The van der Waals surface area contributed by atoms with Crippen LogP contribution in [0.25, 0.3) is 0 Å². The Morgan fingerprint density at radius 1 is 1.03 bits per heavy atom. The second-order valence-electron chi connectivity index (χ2n) is 6.56. The van der Waals surface area contributed by atoms with Gasteiger partial charge in [-0.3, -0.25) is 4.99 Å². The lowest BCUT2D eigenvalue weighted by atomic mass is 10.1. The van der Waals surface area contributed by atoms with E-state index >= 15 is 0 Å². The van der Waals surface area contributed by atoms with Gasteiger partial charge < -0.3 is 24.8 Å². The molecule has 0 bridgehead atoms. The fraction of sp³-hybridized carbons (Fsp3) is 0.409. The first-order valence-corrected chi connectivity index (χ1v) is 9.82. The third-order valence-corrected chi connectivity index (χ3v) is 4.66. The van der Waals surface area contributed by atoms with Crippen LogP contribution in [-0.4, -0.2) is 73.2 Å². The Morgan fingerprint density at radius 3 is 2.40 bits per heavy atom. The van der Waals surface area contributed by atoms with Crippen molar-refractivity contribution in [3.63, 3.8) is 0 Å². The molecule has 2 aliphatic rings. The molecule has 0 radical (unpaired) electrons. The number of aliphatic hydroxyl groups is 1. The van der Waals surface area contributed by atoms with Crippen LogP contribution >= 0.6 is 0 Å². The number of aryl methyl sites for hydroxylation is 1.